The smallest absolute Gasteiger partial charge is 0.331 e. The third-order valence-corrected chi connectivity index (χ3v) is 3.90. The van der Waals surface area contributed by atoms with Gasteiger partial charge in [-0.1, -0.05) is 0 Å². The Balaban J connectivity index is 1.86. The molecule has 0 radical (unpaired) electrons. The van der Waals surface area contributed by atoms with Crippen molar-refractivity contribution in [3.8, 4) is 0 Å². The van der Waals surface area contributed by atoms with Crippen molar-refractivity contribution in [1.82, 2.24) is 25.0 Å². The number of amides is 2. The summed E-state index contributed by atoms with van der Waals surface area (Å²) in [6, 6.07) is -0.367. The van der Waals surface area contributed by atoms with E-state index in [2.05, 4.69) is 15.4 Å². The topological polar surface area (TPSA) is 63.1 Å². The lowest BCUT2D eigenvalue weighted by molar-refractivity contribution is -0.183. The van der Waals surface area contributed by atoms with Crippen LogP contribution < -0.4 is 5.32 Å². The number of carbonyl (C=O) groups excluding carboxylic acids is 1. The average Bonchev–Trinajstić information content (AvgIpc) is 2.92. The third kappa shape index (κ3) is 4.35. The highest BCUT2D eigenvalue weighted by Gasteiger charge is 2.41. The van der Waals surface area contributed by atoms with E-state index in [9.17, 15) is 18.0 Å². The Hall–Kier alpha value is -1.80. The molecule has 23 heavy (non-hydrogen) atoms. The highest BCUT2D eigenvalue weighted by molar-refractivity contribution is 5.74. The fourth-order valence-electron chi connectivity index (χ4n) is 2.62. The Morgan fingerprint density at radius 3 is 2.43 bits per heavy atom. The number of urea groups is 1. The number of nitrogens with one attached hydrogen (secondary N) is 1. The monoisotopic (exact) mass is 333 g/mol. The van der Waals surface area contributed by atoms with Crippen LogP contribution in [0.25, 0.3) is 0 Å². The van der Waals surface area contributed by atoms with Gasteiger partial charge in [0, 0.05) is 13.1 Å². The summed E-state index contributed by atoms with van der Waals surface area (Å²) in [5.41, 5.74) is -0.262. The van der Waals surface area contributed by atoms with E-state index < -0.39 is 12.1 Å². The largest absolute Gasteiger partial charge is 0.391 e. The van der Waals surface area contributed by atoms with Crippen molar-refractivity contribution in [3.63, 3.8) is 0 Å². The van der Waals surface area contributed by atoms with Crippen LogP contribution in [0.1, 0.15) is 39.4 Å². The van der Waals surface area contributed by atoms with Crippen LogP contribution in [0, 0.1) is 5.92 Å². The summed E-state index contributed by atoms with van der Waals surface area (Å²) in [5, 5.41) is 6.83. The normalized spacial score (nSPS) is 17.4. The summed E-state index contributed by atoms with van der Waals surface area (Å²) >= 11 is 0. The van der Waals surface area contributed by atoms with Crippen LogP contribution in [0.15, 0.2) is 6.33 Å². The predicted molar refractivity (Wildman–Crippen MR) is 77.6 cm³/mol. The van der Waals surface area contributed by atoms with Crippen LogP contribution in [0.3, 0.4) is 0 Å². The lowest BCUT2D eigenvalue weighted by Gasteiger charge is -2.32. The van der Waals surface area contributed by atoms with Gasteiger partial charge in [-0.3, -0.25) is 0 Å². The molecule has 0 unspecified atom stereocenters. The molecule has 0 aromatic carbocycles. The fraction of sp³-hybridized carbons (Fsp3) is 0.786. The van der Waals surface area contributed by atoms with Crippen LogP contribution in [0.2, 0.25) is 0 Å². The van der Waals surface area contributed by atoms with Crippen molar-refractivity contribution in [2.24, 2.45) is 5.92 Å². The molecule has 0 atom stereocenters. The zero-order valence-electron chi connectivity index (χ0n) is 13.5. The van der Waals surface area contributed by atoms with Crippen molar-refractivity contribution in [1.29, 1.82) is 0 Å². The maximum absolute atomic E-state index is 12.6. The van der Waals surface area contributed by atoms with Crippen LogP contribution in [-0.4, -0.2) is 45.0 Å². The lowest BCUT2D eigenvalue weighted by atomic mass is 9.96. The van der Waals surface area contributed by atoms with E-state index in [1.165, 1.54) is 11.2 Å². The molecule has 1 aliphatic heterocycles. The zero-order valence-corrected chi connectivity index (χ0v) is 13.5. The summed E-state index contributed by atoms with van der Waals surface area (Å²) in [6.07, 6.45) is -2.85. The Morgan fingerprint density at radius 1 is 1.30 bits per heavy atom. The van der Waals surface area contributed by atoms with Gasteiger partial charge in [-0.15, -0.1) is 0 Å². The van der Waals surface area contributed by atoms with Gasteiger partial charge in [0.15, 0.2) is 0 Å². The second-order valence-electron chi connectivity index (χ2n) is 6.72. The van der Waals surface area contributed by atoms with Gasteiger partial charge in [0.1, 0.15) is 12.2 Å². The Kier molecular flexibility index (Phi) is 4.86. The second-order valence-corrected chi connectivity index (χ2v) is 6.72. The minimum atomic E-state index is -4.17. The quantitative estimate of drug-likeness (QED) is 0.904. The highest BCUT2D eigenvalue weighted by atomic mass is 19.4. The number of alkyl halides is 3. The van der Waals surface area contributed by atoms with Crippen LogP contribution in [-0.2, 0) is 12.1 Å². The minimum absolute atomic E-state index is 0.0465. The summed E-state index contributed by atoms with van der Waals surface area (Å²) in [7, 11) is 0. The van der Waals surface area contributed by atoms with E-state index in [1.54, 1.807) is 4.68 Å². The van der Waals surface area contributed by atoms with Crippen molar-refractivity contribution in [3.05, 3.63) is 12.2 Å². The first kappa shape index (κ1) is 17.6. The number of nitrogens with zero attached hydrogens (tertiary/aromatic N) is 4. The lowest BCUT2D eigenvalue weighted by Crippen LogP contribution is -2.46. The van der Waals surface area contributed by atoms with Crippen molar-refractivity contribution < 1.29 is 18.0 Å². The van der Waals surface area contributed by atoms with E-state index >= 15 is 0 Å². The number of hydrogen-bond donors (Lipinski definition) is 1. The van der Waals surface area contributed by atoms with E-state index in [4.69, 9.17) is 0 Å². The molecule has 130 valence electrons. The van der Waals surface area contributed by atoms with E-state index in [-0.39, 0.29) is 44.0 Å². The van der Waals surface area contributed by atoms with Gasteiger partial charge in [0.25, 0.3) is 0 Å². The molecule has 0 saturated carbocycles. The van der Waals surface area contributed by atoms with Gasteiger partial charge >= 0.3 is 12.2 Å². The minimum Gasteiger partial charge on any atom is -0.331 e. The molecular formula is C14H22F3N5O. The predicted octanol–water partition coefficient (Wildman–Crippen LogP) is 2.52. The molecule has 6 nitrogen and oxygen atoms in total. The summed E-state index contributed by atoms with van der Waals surface area (Å²) in [6.45, 7) is 6.32. The first-order valence-corrected chi connectivity index (χ1v) is 7.58. The maximum Gasteiger partial charge on any atom is 0.391 e. The van der Waals surface area contributed by atoms with Gasteiger partial charge in [-0.2, -0.15) is 18.3 Å². The van der Waals surface area contributed by atoms with Crippen LogP contribution in [0.5, 0.6) is 0 Å². The maximum atomic E-state index is 12.6. The van der Waals surface area contributed by atoms with Crippen molar-refractivity contribution >= 4 is 6.03 Å². The molecule has 0 aliphatic carbocycles. The number of carbonyl (C=O) groups is 1. The summed E-state index contributed by atoms with van der Waals surface area (Å²) in [4.78, 5) is 17.6. The van der Waals surface area contributed by atoms with Gasteiger partial charge in [0.2, 0.25) is 0 Å². The third-order valence-electron chi connectivity index (χ3n) is 3.90. The van der Waals surface area contributed by atoms with E-state index in [0.717, 1.165) is 0 Å². The molecule has 9 heteroatoms. The van der Waals surface area contributed by atoms with E-state index in [1.807, 2.05) is 20.8 Å². The SMILES string of the molecule is CC(C)(C)n1ncnc1CNC(=O)N1CCC(C(F)(F)F)CC1. The summed E-state index contributed by atoms with van der Waals surface area (Å²) < 4.78 is 39.6. The molecular weight excluding hydrogens is 311 g/mol. The molecule has 0 spiro atoms. The molecule has 2 amide bonds. The standard InChI is InChI=1S/C14H22F3N5O/c1-13(2,3)22-11(19-9-20-22)8-18-12(23)21-6-4-10(5-7-21)14(15,16)17/h9-10H,4-8H2,1-3H3,(H,18,23). The highest BCUT2D eigenvalue weighted by Crippen LogP contribution is 2.34. The van der Waals surface area contributed by atoms with Gasteiger partial charge in [-0.05, 0) is 33.6 Å². The van der Waals surface area contributed by atoms with Gasteiger partial charge < -0.3 is 10.2 Å². The Bertz CT molecular complexity index is 541. The first-order chi connectivity index (χ1) is 10.6. The van der Waals surface area contributed by atoms with Crippen molar-refractivity contribution in [2.45, 2.75) is 51.9 Å². The molecule has 1 saturated heterocycles. The Morgan fingerprint density at radius 2 is 1.91 bits per heavy atom. The number of likely N-dealkylation sites (tertiary alicyclic amines) is 1. The first-order valence-electron chi connectivity index (χ1n) is 7.58. The number of rotatable bonds is 2. The molecule has 1 aliphatic rings. The molecule has 2 rings (SSSR count). The van der Waals surface area contributed by atoms with Crippen LogP contribution in [0.4, 0.5) is 18.0 Å². The van der Waals surface area contributed by atoms with Crippen molar-refractivity contribution in [2.75, 3.05) is 13.1 Å². The molecule has 1 aromatic rings. The van der Waals surface area contributed by atoms with Crippen LogP contribution >= 0.6 is 0 Å². The summed E-state index contributed by atoms with van der Waals surface area (Å²) in [5.74, 6) is -0.702. The molecule has 1 N–H and O–H groups in total. The Labute approximate surface area is 133 Å². The van der Waals surface area contributed by atoms with E-state index in [0.29, 0.717) is 5.82 Å². The fourth-order valence-corrected chi connectivity index (χ4v) is 2.62. The number of hydrogen-bond acceptors (Lipinski definition) is 3. The number of piperidine rings is 1. The molecule has 2 heterocycles. The molecule has 1 aromatic heterocycles. The molecule has 1 fully saturated rings. The zero-order chi connectivity index (χ0) is 17.3. The van der Waals surface area contributed by atoms with Gasteiger partial charge in [0.05, 0.1) is 18.0 Å². The number of aromatic nitrogens is 3. The molecule has 0 bridgehead atoms. The second kappa shape index (κ2) is 6.37. The van der Waals surface area contributed by atoms with Gasteiger partial charge in [-0.25, -0.2) is 14.5 Å². The average molecular weight is 333 g/mol. The number of halogens is 3.